The monoisotopic (exact) mass is 348 g/mol. The van der Waals surface area contributed by atoms with Gasteiger partial charge in [0.2, 0.25) is 0 Å². The molecule has 0 unspecified atom stereocenters. The molecule has 1 atom stereocenters. The minimum Gasteiger partial charge on any atom is -0.493 e. The Hall–Kier alpha value is -2.89. The molecular formula is C20H20N4O2. The van der Waals surface area contributed by atoms with E-state index in [0.29, 0.717) is 13.2 Å². The first kappa shape index (κ1) is 15.4. The van der Waals surface area contributed by atoms with E-state index >= 15 is 0 Å². The van der Waals surface area contributed by atoms with E-state index in [1.54, 1.807) is 0 Å². The number of nitrogens with zero attached hydrogens (tertiary/aromatic N) is 4. The number of piperidine rings is 1. The van der Waals surface area contributed by atoms with E-state index in [2.05, 4.69) is 10.2 Å². The van der Waals surface area contributed by atoms with Crippen molar-refractivity contribution < 1.29 is 9.53 Å². The highest BCUT2D eigenvalue weighted by Gasteiger charge is 2.29. The fourth-order valence-electron chi connectivity index (χ4n) is 4.01. The van der Waals surface area contributed by atoms with Crippen LogP contribution in [0.15, 0.2) is 42.6 Å². The summed E-state index contributed by atoms with van der Waals surface area (Å²) in [5.41, 5.74) is 2.73. The first-order chi connectivity index (χ1) is 12.8. The van der Waals surface area contributed by atoms with Gasteiger partial charge in [-0.2, -0.15) is 0 Å². The second-order valence-electron chi connectivity index (χ2n) is 7.00. The van der Waals surface area contributed by atoms with Gasteiger partial charge in [-0.05, 0) is 48.7 Å². The number of benzene rings is 1. The zero-order valence-corrected chi connectivity index (χ0v) is 14.5. The van der Waals surface area contributed by atoms with Crippen LogP contribution in [0.2, 0.25) is 0 Å². The number of hydrogen-bond donors (Lipinski definition) is 0. The van der Waals surface area contributed by atoms with Crippen LogP contribution < -0.4 is 4.74 Å². The molecule has 2 aliphatic rings. The molecule has 132 valence electrons. The van der Waals surface area contributed by atoms with E-state index in [0.717, 1.165) is 54.2 Å². The predicted molar refractivity (Wildman–Crippen MR) is 96.5 cm³/mol. The van der Waals surface area contributed by atoms with E-state index in [1.807, 2.05) is 51.9 Å². The summed E-state index contributed by atoms with van der Waals surface area (Å²) in [7, 11) is 0. The highest BCUT2D eigenvalue weighted by Crippen LogP contribution is 2.29. The number of amides is 1. The second-order valence-corrected chi connectivity index (χ2v) is 7.00. The molecule has 1 amide bonds. The molecule has 1 saturated heterocycles. The maximum atomic E-state index is 13.0. The molecule has 0 N–H and O–H groups in total. The first-order valence-electron chi connectivity index (χ1n) is 9.14. The number of likely N-dealkylation sites (tertiary alicyclic amines) is 1. The number of pyridine rings is 1. The molecule has 6 nitrogen and oxygen atoms in total. The van der Waals surface area contributed by atoms with E-state index < -0.39 is 0 Å². The Morgan fingerprint density at radius 2 is 2.15 bits per heavy atom. The number of fused-ring (bicyclic) bond motifs is 2. The first-order valence-corrected chi connectivity index (χ1v) is 9.14. The van der Waals surface area contributed by atoms with Crippen LogP contribution in [0.4, 0.5) is 0 Å². The van der Waals surface area contributed by atoms with Gasteiger partial charge in [-0.15, -0.1) is 10.2 Å². The van der Waals surface area contributed by atoms with Crippen molar-refractivity contribution in [3.05, 3.63) is 59.5 Å². The van der Waals surface area contributed by atoms with E-state index in [1.165, 1.54) is 0 Å². The summed E-state index contributed by atoms with van der Waals surface area (Å²) in [5.74, 6) is 2.16. The third-order valence-corrected chi connectivity index (χ3v) is 5.35. The maximum Gasteiger partial charge on any atom is 0.253 e. The van der Waals surface area contributed by atoms with Crippen LogP contribution in [0.5, 0.6) is 5.75 Å². The molecule has 3 aromatic rings. The van der Waals surface area contributed by atoms with Crippen LogP contribution in [-0.2, 0) is 6.42 Å². The standard InChI is InChI=1S/C20H20N4O2/c25-20(15-6-7-17-14(12-15)8-11-26-17)23-9-3-4-16(13-23)19-22-21-18-5-1-2-10-24(18)19/h1-2,5-7,10,12,16H,3-4,8-9,11,13H2/t16-/m1/s1. The van der Waals surface area contributed by atoms with Gasteiger partial charge < -0.3 is 9.64 Å². The summed E-state index contributed by atoms with van der Waals surface area (Å²) >= 11 is 0. The van der Waals surface area contributed by atoms with Crippen LogP contribution in [0.1, 0.15) is 40.5 Å². The van der Waals surface area contributed by atoms with Gasteiger partial charge in [0.05, 0.1) is 6.61 Å². The van der Waals surface area contributed by atoms with Crippen molar-refractivity contribution in [3.63, 3.8) is 0 Å². The molecule has 1 aromatic carbocycles. The fourth-order valence-corrected chi connectivity index (χ4v) is 4.01. The molecule has 5 rings (SSSR count). The smallest absolute Gasteiger partial charge is 0.253 e. The van der Waals surface area contributed by atoms with Crippen molar-refractivity contribution in [1.29, 1.82) is 0 Å². The van der Waals surface area contributed by atoms with E-state index in [9.17, 15) is 4.79 Å². The Bertz CT molecular complexity index is 981. The quantitative estimate of drug-likeness (QED) is 0.714. The maximum absolute atomic E-state index is 13.0. The van der Waals surface area contributed by atoms with Crippen LogP contribution >= 0.6 is 0 Å². The molecular weight excluding hydrogens is 328 g/mol. The van der Waals surface area contributed by atoms with Crippen molar-refractivity contribution in [3.8, 4) is 5.75 Å². The number of ether oxygens (including phenoxy) is 1. The molecule has 0 spiro atoms. The summed E-state index contributed by atoms with van der Waals surface area (Å²) in [6.07, 6.45) is 4.88. The fraction of sp³-hybridized carbons (Fsp3) is 0.350. The Morgan fingerprint density at radius 3 is 3.12 bits per heavy atom. The van der Waals surface area contributed by atoms with Crippen molar-refractivity contribution in [2.24, 2.45) is 0 Å². The molecule has 4 heterocycles. The summed E-state index contributed by atoms with van der Waals surface area (Å²) in [6.45, 7) is 2.18. The van der Waals surface area contributed by atoms with Gasteiger partial charge in [0.1, 0.15) is 11.6 Å². The molecule has 0 saturated carbocycles. The average Bonchev–Trinajstić information content (AvgIpc) is 3.33. The predicted octanol–water partition coefficient (Wildman–Crippen LogP) is 2.68. The molecule has 26 heavy (non-hydrogen) atoms. The topological polar surface area (TPSA) is 59.7 Å². The SMILES string of the molecule is O=C(c1ccc2c(c1)CCO2)N1CCC[C@@H](c2nnc3ccccn23)C1. The molecule has 1 fully saturated rings. The lowest BCUT2D eigenvalue weighted by molar-refractivity contribution is 0.0704. The molecule has 6 heteroatoms. The van der Waals surface area contributed by atoms with Crippen molar-refractivity contribution in [2.75, 3.05) is 19.7 Å². The van der Waals surface area contributed by atoms with Gasteiger partial charge in [0.15, 0.2) is 5.65 Å². The van der Waals surface area contributed by atoms with Gasteiger partial charge in [-0.25, -0.2) is 0 Å². The molecule has 2 aromatic heterocycles. The number of carbonyl (C=O) groups excluding carboxylic acids is 1. The normalized spacial score (nSPS) is 19.4. The molecule has 2 aliphatic heterocycles. The lowest BCUT2D eigenvalue weighted by atomic mass is 9.96. The van der Waals surface area contributed by atoms with Crippen LogP contribution in [0.3, 0.4) is 0 Å². The average molecular weight is 348 g/mol. The number of rotatable bonds is 2. The van der Waals surface area contributed by atoms with Crippen LogP contribution in [-0.4, -0.2) is 45.1 Å². The van der Waals surface area contributed by atoms with E-state index in [4.69, 9.17) is 4.74 Å². The van der Waals surface area contributed by atoms with Crippen molar-refractivity contribution in [2.45, 2.75) is 25.2 Å². The van der Waals surface area contributed by atoms with Crippen molar-refractivity contribution >= 4 is 11.6 Å². The second kappa shape index (κ2) is 6.12. The highest BCUT2D eigenvalue weighted by atomic mass is 16.5. The summed E-state index contributed by atoms with van der Waals surface area (Å²) in [5, 5.41) is 8.65. The lowest BCUT2D eigenvalue weighted by Gasteiger charge is -2.32. The van der Waals surface area contributed by atoms with Gasteiger partial charge in [-0.3, -0.25) is 9.20 Å². The lowest BCUT2D eigenvalue weighted by Crippen LogP contribution is -2.39. The summed E-state index contributed by atoms with van der Waals surface area (Å²) < 4.78 is 7.58. The minimum atomic E-state index is 0.0956. The largest absolute Gasteiger partial charge is 0.493 e. The Morgan fingerprint density at radius 1 is 1.19 bits per heavy atom. The molecule has 0 bridgehead atoms. The zero-order valence-electron chi connectivity index (χ0n) is 14.5. The van der Waals surface area contributed by atoms with Crippen LogP contribution in [0.25, 0.3) is 5.65 Å². The zero-order chi connectivity index (χ0) is 17.5. The third kappa shape index (κ3) is 2.53. The summed E-state index contributed by atoms with van der Waals surface area (Å²) in [6, 6.07) is 11.7. The van der Waals surface area contributed by atoms with Gasteiger partial charge in [0.25, 0.3) is 5.91 Å². The van der Waals surface area contributed by atoms with Crippen LogP contribution in [0, 0.1) is 0 Å². The minimum absolute atomic E-state index is 0.0956. The summed E-state index contributed by atoms with van der Waals surface area (Å²) in [4.78, 5) is 15.0. The van der Waals surface area contributed by atoms with Crippen molar-refractivity contribution in [1.82, 2.24) is 19.5 Å². The van der Waals surface area contributed by atoms with Gasteiger partial charge in [-0.1, -0.05) is 6.07 Å². The number of aromatic nitrogens is 3. The third-order valence-electron chi connectivity index (χ3n) is 5.35. The number of hydrogen-bond acceptors (Lipinski definition) is 4. The molecule has 0 radical (unpaired) electrons. The Labute approximate surface area is 151 Å². The van der Waals surface area contributed by atoms with E-state index in [-0.39, 0.29) is 11.8 Å². The Kier molecular flexibility index (Phi) is 3.62. The molecule has 0 aliphatic carbocycles. The number of carbonyl (C=O) groups is 1. The van der Waals surface area contributed by atoms with Gasteiger partial charge in [0, 0.05) is 37.2 Å². The highest BCUT2D eigenvalue weighted by molar-refractivity contribution is 5.94. The Balaban J connectivity index is 1.39. The van der Waals surface area contributed by atoms with Gasteiger partial charge >= 0.3 is 0 Å².